The van der Waals surface area contributed by atoms with Crippen LogP contribution in [0.5, 0.6) is 0 Å². The molecule has 0 saturated carbocycles. The van der Waals surface area contributed by atoms with E-state index in [1.54, 1.807) is 30.3 Å². The van der Waals surface area contributed by atoms with Gasteiger partial charge in [0.05, 0.1) is 11.3 Å². The second-order valence-electron chi connectivity index (χ2n) is 3.64. The number of nitrogens with one attached hydrogen (secondary N) is 1. The highest BCUT2D eigenvalue weighted by molar-refractivity contribution is 14.1. The van der Waals surface area contributed by atoms with Crippen LogP contribution in [-0.2, 0) is 0 Å². The predicted octanol–water partition coefficient (Wildman–Crippen LogP) is 3.36. The molecule has 0 aliphatic rings. The first-order valence-electron chi connectivity index (χ1n) is 5.32. The van der Waals surface area contributed by atoms with Gasteiger partial charge in [0, 0.05) is 9.13 Å². The maximum Gasteiger partial charge on any atom is 0.256 e. The van der Waals surface area contributed by atoms with Crippen molar-refractivity contribution in [3.05, 3.63) is 63.2 Å². The van der Waals surface area contributed by atoms with Gasteiger partial charge in [-0.3, -0.25) is 9.59 Å². The molecule has 0 heterocycles. The van der Waals surface area contributed by atoms with Gasteiger partial charge in [-0.25, -0.2) is 0 Å². The van der Waals surface area contributed by atoms with Crippen LogP contribution >= 0.6 is 22.6 Å². The van der Waals surface area contributed by atoms with Gasteiger partial charge < -0.3 is 5.32 Å². The number of halogens is 1. The Morgan fingerprint density at radius 2 is 1.72 bits per heavy atom. The molecule has 0 atom stereocenters. The van der Waals surface area contributed by atoms with Gasteiger partial charge in [0.1, 0.15) is 0 Å². The van der Waals surface area contributed by atoms with Crippen LogP contribution in [0.1, 0.15) is 20.7 Å². The Balaban J connectivity index is 2.27. The van der Waals surface area contributed by atoms with Crippen LogP contribution in [0.2, 0.25) is 0 Å². The van der Waals surface area contributed by atoms with Crippen molar-refractivity contribution in [3.63, 3.8) is 0 Å². The van der Waals surface area contributed by atoms with Gasteiger partial charge in [-0.05, 0) is 46.9 Å². The number of hydrogen-bond acceptors (Lipinski definition) is 2. The summed E-state index contributed by atoms with van der Waals surface area (Å²) < 4.78 is 0.871. The summed E-state index contributed by atoms with van der Waals surface area (Å²) in [5, 5.41) is 2.74. The molecule has 1 amide bonds. The molecule has 0 aliphatic carbocycles. The number of anilines is 1. The van der Waals surface area contributed by atoms with E-state index >= 15 is 0 Å². The minimum atomic E-state index is -0.214. The van der Waals surface area contributed by atoms with Gasteiger partial charge in [0.2, 0.25) is 0 Å². The standard InChI is InChI=1S/C14H10INO2/c15-12-7-3-2-6-11(12)14(18)16-13-8-4-1-5-10(13)9-17/h1-9H,(H,16,18). The van der Waals surface area contributed by atoms with Crippen molar-refractivity contribution in [2.75, 3.05) is 5.32 Å². The van der Waals surface area contributed by atoms with Gasteiger partial charge in [-0.2, -0.15) is 0 Å². The topological polar surface area (TPSA) is 46.2 Å². The molecular weight excluding hydrogens is 341 g/mol. The lowest BCUT2D eigenvalue weighted by Gasteiger charge is -2.08. The Morgan fingerprint density at radius 3 is 2.44 bits per heavy atom. The van der Waals surface area contributed by atoms with E-state index < -0.39 is 0 Å². The number of rotatable bonds is 3. The average molecular weight is 351 g/mol. The lowest BCUT2D eigenvalue weighted by Crippen LogP contribution is -2.14. The van der Waals surface area contributed by atoms with Crippen molar-refractivity contribution in [1.82, 2.24) is 0 Å². The zero-order valence-electron chi connectivity index (χ0n) is 9.39. The second kappa shape index (κ2) is 5.77. The van der Waals surface area contributed by atoms with Crippen LogP contribution in [0.3, 0.4) is 0 Å². The van der Waals surface area contributed by atoms with Gasteiger partial charge in [0.15, 0.2) is 6.29 Å². The van der Waals surface area contributed by atoms with Crippen LogP contribution < -0.4 is 5.32 Å². The van der Waals surface area contributed by atoms with E-state index in [0.717, 1.165) is 9.86 Å². The number of para-hydroxylation sites is 1. The molecule has 0 spiro atoms. The molecule has 1 N–H and O–H groups in total. The molecule has 90 valence electrons. The number of amides is 1. The van der Waals surface area contributed by atoms with Crippen LogP contribution in [0.15, 0.2) is 48.5 Å². The molecule has 0 bridgehead atoms. The second-order valence-corrected chi connectivity index (χ2v) is 4.80. The maximum atomic E-state index is 12.1. The summed E-state index contributed by atoms with van der Waals surface area (Å²) in [7, 11) is 0. The van der Waals surface area contributed by atoms with E-state index in [2.05, 4.69) is 27.9 Å². The molecule has 0 aliphatic heterocycles. The third kappa shape index (κ3) is 2.76. The zero-order valence-corrected chi connectivity index (χ0v) is 11.5. The van der Waals surface area contributed by atoms with E-state index in [1.165, 1.54) is 0 Å². The minimum Gasteiger partial charge on any atom is -0.321 e. The molecule has 0 saturated heterocycles. The Kier molecular flexibility index (Phi) is 4.09. The normalized spacial score (nSPS) is 9.83. The first kappa shape index (κ1) is 12.8. The van der Waals surface area contributed by atoms with Crippen LogP contribution in [0.25, 0.3) is 0 Å². The monoisotopic (exact) mass is 351 g/mol. The largest absolute Gasteiger partial charge is 0.321 e. The maximum absolute atomic E-state index is 12.1. The Hall–Kier alpha value is -1.69. The SMILES string of the molecule is O=Cc1ccccc1NC(=O)c1ccccc1I. The fourth-order valence-electron chi connectivity index (χ4n) is 1.55. The van der Waals surface area contributed by atoms with Crippen molar-refractivity contribution < 1.29 is 9.59 Å². The number of carbonyl (C=O) groups excluding carboxylic acids is 2. The summed E-state index contributed by atoms with van der Waals surface area (Å²) in [6.45, 7) is 0. The molecule has 2 aromatic rings. The quantitative estimate of drug-likeness (QED) is 0.681. The van der Waals surface area contributed by atoms with Crippen molar-refractivity contribution in [2.45, 2.75) is 0 Å². The Bertz CT molecular complexity index is 596. The van der Waals surface area contributed by atoms with Crippen molar-refractivity contribution in [1.29, 1.82) is 0 Å². The minimum absolute atomic E-state index is 0.214. The molecule has 0 unspecified atom stereocenters. The molecule has 18 heavy (non-hydrogen) atoms. The number of carbonyl (C=O) groups is 2. The smallest absolute Gasteiger partial charge is 0.256 e. The van der Waals surface area contributed by atoms with Crippen molar-refractivity contribution in [3.8, 4) is 0 Å². The first-order chi connectivity index (χ1) is 8.72. The van der Waals surface area contributed by atoms with E-state index in [0.29, 0.717) is 16.8 Å². The Labute approximate surface area is 118 Å². The van der Waals surface area contributed by atoms with Gasteiger partial charge >= 0.3 is 0 Å². The number of hydrogen-bond donors (Lipinski definition) is 1. The summed E-state index contributed by atoms with van der Waals surface area (Å²) in [5.41, 5.74) is 1.59. The predicted molar refractivity (Wildman–Crippen MR) is 78.9 cm³/mol. The lowest BCUT2D eigenvalue weighted by molar-refractivity contribution is 0.102. The molecule has 0 radical (unpaired) electrons. The third-order valence-electron chi connectivity index (χ3n) is 2.45. The highest BCUT2D eigenvalue weighted by Crippen LogP contribution is 2.16. The molecule has 0 aromatic heterocycles. The Morgan fingerprint density at radius 1 is 1.06 bits per heavy atom. The highest BCUT2D eigenvalue weighted by atomic mass is 127. The summed E-state index contributed by atoms with van der Waals surface area (Å²) in [6, 6.07) is 14.2. The molecule has 0 fully saturated rings. The molecule has 3 nitrogen and oxygen atoms in total. The number of benzene rings is 2. The average Bonchev–Trinajstić information content (AvgIpc) is 2.39. The van der Waals surface area contributed by atoms with Crippen molar-refractivity contribution >= 4 is 40.5 Å². The molecule has 4 heteroatoms. The van der Waals surface area contributed by atoms with Crippen LogP contribution in [0.4, 0.5) is 5.69 Å². The van der Waals surface area contributed by atoms with E-state index in [-0.39, 0.29) is 5.91 Å². The summed E-state index contributed by atoms with van der Waals surface area (Å²) in [5.74, 6) is -0.214. The van der Waals surface area contributed by atoms with Crippen molar-refractivity contribution in [2.24, 2.45) is 0 Å². The molecule has 2 aromatic carbocycles. The van der Waals surface area contributed by atoms with Gasteiger partial charge in [0.25, 0.3) is 5.91 Å². The zero-order chi connectivity index (χ0) is 13.0. The summed E-state index contributed by atoms with van der Waals surface area (Å²) in [6.07, 6.45) is 0.728. The first-order valence-corrected chi connectivity index (χ1v) is 6.40. The third-order valence-corrected chi connectivity index (χ3v) is 3.40. The van der Waals surface area contributed by atoms with E-state index in [4.69, 9.17) is 0 Å². The van der Waals surface area contributed by atoms with E-state index in [1.807, 2.05) is 18.2 Å². The molecular formula is C14H10INO2. The summed E-state index contributed by atoms with van der Waals surface area (Å²) >= 11 is 2.11. The highest BCUT2D eigenvalue weighted by Gasteiger charge is 2.10. The fourth-order valence-corrected chi connectivity index (χ4v) is 2.18. The van der Waals surface area contributed by atoms with Gasteiger partial charge in [-0.15, -0.1) is 0 Å². The van der Waals surface area contributed by atoms with Crippen LogP contribution in [-0.4, -0.2) is 12.2 Å². The van der Waals surface area contributed by atoms with Crippen LogP contribution in [0, 0.1) is 3.57 Å². The fraction of sp³-hybridized carbons (Fsp3) is 0. The van der Waals surface area contributed by atoms with E-state index in [9.17, 15) is 9.59 Å². The van der Waals surface area contributed by atoms with Gasteiger partial charge in [-0.1, -0.05) is 24.3 Å². The molecule has 2 rings (SSSR count). The number of aldehydes is 1. The lowest BCUT2D eigenvalue weighted by atomic mass is 10.1. The summed E-state index contributed by atoms with van der Waals surface area (Å²) in [4.78, 5) is 22.9.